The quantitative estimate of drug-likeness (QED) is 0.178. The molecule has 3 aromatic rings. The SMILES string of the molecule is CCCCc1cc(CC(C(=O)O)(c2ccc(O)c(CCCC)c2)c2ccc(O)c(CCCC)c2)ccc1O. The number of phenols is 3. The molecule has 5 nitrogen and oxygen atoms in total. The van der Waals surface area contributed by atoms with Gasteiger partial charge in [0.05, 0.1) is 0 Å². The molecule has 0 aromatic heterocycles. The van der Waals surface area contributed by atoms with E-state index in [0.29, 0.717) is 24.0 Å². The average molecular weight is 519 g/mol. The summed E-state index contributed by atoms with van der Waals surface area (Å²) in [6, 6.07) is 15.6. The highest BCUT2D eigenvalue weighted by atomic mass is 16.4. The summed E-state index contributed by atoms with van der Waals surface area (Å²) in [4.78, 5) is 13.4. The van der Waals surface area contributed by atoms with Gasteiger partial charge in [-0.3, -0.25) is 4.79 Å². The van der Waals surface area contributed by atoms with Gasteiger partial charge in [-0.1, -0.05) is 76.4 Å². The van der Waals surface area contributed by atoms with E-state index in [4.69, 9.17) is 0 Å². The van der Waals surface area contributed by atoms with Crippen molar-refractivity contribution < 1.29 is 25.2 Å². The van der Waals surface area contributed by atoms with Gasteiger partial charge in [0.1, 0.15) is 22.7 Å². The first-order valence-corrected chi connectivity index (χ1v) is 14.0. The molecule has 0 fully saturated rings. The number of hydrogen-bond donors (Lipinski definition) is 4. The molecule has 0 radical (unpaired) electrons. The van der Waals surface area contributed by atoms with Crippen LogP contribution in [0.1, 0.15) is 92.7 Å². The average Bonchev–Trinajstić information content (AvgIpc) is 2.91. The van der Waals surface area contributed by atoms with Crippen LogP contribution in [0.5, 0.6) is 17.2 Å². The van der Waals surface area contributed by atoms with Crippen LogP contribution in [0.3, 0.4) is 0 Å². The van der Waals surface area contributed by atoms with Gasteiger partial charge in [-0.25, -0.2) is 0 Å². The number of phenolic OH excluding ortho intramolecular Hbond substituents is 3. The van der Waals surface area contributed by atoms with E-state index in [1.54, 1.807) is 36.4 Å². The molecular weight excluding hydrogens is 476 g/mol. The number of benzene rings is 3. The highest BCUT2D eigenvalue weighted by Crippen LogP contribution is 2.41. The second-order valence-corrected chi connectivity index (χ2v) is 10.3. The number of carbonyl (C=O) groups is 1. The molecule has 0 saturated heterocycles. The lowest BCUT2D eigenvalue weighted by Gasteiger charge is -2.32. The topological polar surface area (TPSA) is 98.0 Å². The molecule has 0 bridgehead atoms. The minimum absolute atomic E-state index is 0.164. The molecular formula is C33H42O5. The third-order valence-corrected chi connectivity index (χ3v) is 7.52. The fourth-order valence-electron chi connectivity index (χ4n) is 5.15. The van der Waals surface area contributed by atoms with E-state index >= 15 is 0 Å². The van der Waals surface area contributed by atoms with Crippen molar-refractivity contribution in [3.8, 4) is 17.2 Å². The lowest BCUT2D eigenvalue weighted by Crippen LogP contribution is -2.39. The molecule has 0 aliphatic heterocycles. The van der Waals surface area contributed by atoms with Crippen molar-refractivity contribution in [1.29, 1.82) is 0 Å². The fourth-order valence-corrected chi connectivity index (χ4v) is 5.15. The standard InChI is InChI=1S/C33H42O5/c1-4-7-10-24-19-23(13-16-29(24)34)22-33(32(37)38,27-14-17-30(35)25(20-27)11-8-5-2)28-15-18-31(36)26(21-28)12-9-6-3/h13-21,34-36H,4-12,22H2,1-3H3,(H,37,38). The Kier molecular flexibility index (Phi) is 10.2. The maximum Gasteiger partial charge on any atom is 0.318 e. The smallest absolute Gasteiger partial charge is 0.318 e. The Morgan fingerprint density at radius 3 is 1.42 bits per heavy atom. The van der Waals surface area contributed by atoms with Crippen molar-refractivity contribution in [3.63, 3.8) is 0 Å². The van der Waals surface area contributed by atoms with E-state index in [2.05, 4.69) is 20.8 Å². The summed E-state index contributed by atoms with van der Waals surface area (Å²) in [5.74, 6) is -0.439. The third-order valence-electron chi connectivity index (χ3n) is 7.52. The molecule has 0 unspecified atom stereocenters. The summed E-state index contributed by atoms with van der Waals surface area (Å²) in [5, 5.41) is 42.5. The minimum atomic E-state index is -1.46. The molecule has 0 heterocycles. The molecule has 38 heavy (non-hydrogen) atoms. The predicted molar refractivity (Wildman–Crippen MR) is 152 cm³/mol. The van der Waals surface area contributed by atoms with Gasteiger partial charge in [-0.15, -0.1) is 0 Å². The van der Waals surface area contributed by atoms with E-state index in [-0.39, 0.29) is 23.7 Å². The summed E-state index contributed by atoms with van der Waals surface area (Å²) in [6.45, 7) is 6.26. The molecule has 0 amide bonds. The van der Waals surface area contributed by atoms with E-state index in [1.165, 1.54) is 0 Å². The molecule has 4 N–H and O–H groups in total. The van der Waals surface area contributed by atoms with Crippen LogP contribution in [0.15, 0.2) is 54.6 Å². The molecule has 0 saturated carbocycles. The number of aromatic hydroxyl groups is 3. The lowest BCUT2D eigenvalue weighted by atomic mass is 9.69. The van der Waals surface area contributed by atoms with Crippen molar-refractivity contribution >= 4 is 5.97 Å². The summed E-state index contributed by atoms with van der Waals surface area (Å²) in [6.07, 6.45) is 7.80. The van der Waals surface area contributed by atoms with Crippen LogP contribution in [-0.2, 0) is 35.9 Å². The zero-order chi connectivity index (χ0) is 27.7. The second-order valence-electron chi connectivity index (χ2n) is 10.3. The first-order valence-electron chi connectivity index (χ1n) is 14.0. The Morgan fingerprint density at radius 1 is 0.632 bits per heavy atom. The van der Waals surface area contributed by atoms with Gasteiger partial charge < -0.3 is 20.4 Å². The largest absolute Gasteiger partial charge is 0.508 e. The number of unbranched alkanes of at least 4 members (excludes halogenated alkanes) is 3. The van der Waals surface area contributed by atoms with Crippen molar-refractivity contribution in [2.75, 3.05) is 0 Å². The second kappa shape index (κ2) is 13.4. The number of hydrogen-bond acceptors (Lipinski definition) is 4. The Bertz CT molecular complexity index is 1170. The van der Waals surface area contributed by atoms with Crippen molar-refractivity contribution in [2.24, 2.45) is 0 Å². The fraction of sp³-hybridized carbons (Fsp3) is 0.424. The van der Waals surface area contributed by atoms with E-state index in [1.807, 2.05) is 18.2 Å². The first-order chi connectivity index (χ1) is 18.3. The van der Waals surface area contributed by atoms with Gasteiger partial charge in [-0.05, 0) is 96.5 Å². The number of carboxylic acid groups (broad SMARTS) is 1. The van der Waals surface area contributed by atoms with Gasteiger partial charge in [0.15, 0.2) is 0 Å². The highest BCUT2D eigenvalue weighted by Gasteiger charge is 2.43. The first kappa shape index (κ1) is 29.1. The summed E-state index contributed by atoms with van der Waals surface area (Å²) in [5.41, 5.74) is 2.80. The van der Waals surface area contributed by atoms with Gasteiger partial charge in [-0.2, -0.15) is 0 Å². The maximum atomic E-state index is 13.4. The normalized spacial score (nSPS) is 11.6. The van der Waals surface area contributed by atoms with Crippen molar-refractivity contribution in [1.82, 2.24) is 0 Å². The van der Waals surface area contributed by atoms with Gasteiger partial charge in [0.25, 0.3) is 0 Å². The Balaban J connectivity index is 2.24. The summed E-state index contributed by atoms with van der Waals surface area (Å²) >= 11 is 0. The van der Waals surface area contributed by atoms with Gasteiger partial charge in [0, 0.05) is 0 Å². The predicted octanol–water partition coefficient (Wildman–Crippen LogP) is 7.44. The van der Waals surface area contributed by atoms with Crippen LogP contribution < -0.4 is 0 Å². The van der Waals surface area contributed by atoms with Gasteiger partial charge >= 0.3 is 5.97 Å². The molecule has 0 atom stereocenters. The van der Waals surface area contributed by atoms with Crippen LogP contribution in [0, 0.1) is 0 Å². The van der Waals surface area contributed by atoms with Crippen molar-refractivity contribution in [3.05, 3.63) is 88.0 Å². The number of rotatable bonds is 14. The number of aryl methyl sites for hydroxylation is 3. The van der Waals surface area contributed by atoms with E-state index < -0.39 is 11.4 Å². The maximum absolute atomic E-state index is 13.4. The number of carboxylic acids is 1. The molecule has 0 aliphatic carbocycles. The zero-order valence-electron chi connectivity index (χ0n) is 23.0. The lowest BCUT2D eigenvalue weighted by molar-refractivity contribution is -0.142. The highest BCUT2D eigenvalue weighted by molar-refractivity contribution is 5.87. The van der Waals surface area contributed by atoms with Crippen LogP contribution in [0.2, 0.25) is 0 Å². The molecule has 3 aromatic carbocycles. The Labute approximate surface area is 226 Å². The molecule has 0 aliphatic rings. The van der Waals surface area contributed by atoms with Gasteiger partial charge in [0.2, 0.25) is 0 Å². The van der Waals surface area contributed by atoms with Crippen LogP contribution in [-0.4, -0.2) is 26.4 Å². The zero-order valence-corrected chi connectivity index (χ0v) is 23.0. The molecule has 0 spiro atoms. The minimum Gasteiger partial charge on any atom is -0.508 e. The van der Waals surface area contributed by atoms with E-state index in [9.17, 15) is 25.2 Å². The third kappa shape index (κ3) is 6.50. The summed E-state index contributed by atoms with van der Waals surface area (Å²) in [7, 11) is 0. The Morgan fingerprint density at radius 2 is 1.03 bits per heavy atom. The Hall–Kier alpha value is -3.47. The summed E-state index contributed by atoms with van der Waals surface area (Å²) < 4.78 is 0. The van der Waals surface area contributed by atoms with Crippen LogP contribution >= 0.6 is 0 Å². The van der Waals surface area contributed by atoms with E-state index in [0.717, 1.165) is 67.2 Å². The molecule has 3 rings (SSSR count). The number of aliphatic carboxylic acids is 1. The van der Waals surface area contributed by atoms with Crippen molar-refractivity contribution in [2.45, 2.75) is 90.4 Å². The van der Waals surface area contributed by atoms with Crippen LogP contribution in [0.25, 0.3) is 0 Å². The van der Waals surface area contributed by atoms with Crippen LogP contribution in [0.4, 0.5) is 0 Å². The molecule has 204 valence electrons. The molecule has 5 heteroatoms. The monoisotopic (exact) mass is 518 g/mol.